The molecule has 1 heterocycles. The van der Waals surface area contributed by atoms with E-state index in [9.17, 15) is 4.79 Å². The lowest BCUT2D eigenvalue weighted by molar-refractivity contribution is 0.0939. The van der Waals surface area contributed by atoms with Crippen molar-refractivity contribution in [2.45, 2.75) is 33.2 Å². The minimum Gasteiger partial charge on any atom is -0.350 e. The minimum atomic E-state index is -0.0480. The van der Waals surface area contributed by atoms with E-state index in [1.807, 2.05) is 50.2 Å². The molecule has 4 heteroatoms. The van der Waals surface area contributed by atoms with Crippen molar-refractivity contribution in [3.8, 4) is 5.69 Å². The maximum absolute atomic E-state index is 12.3. The number of benzene rings is 2. The summed E-state index contributed by atoms with van der Waals surface area (Å²) in [5.41, 5.74) is 3.57. The molecule has 0 fully saturated rings. The Balaban J connectivity index is 2.01. The molecule has 0 unspecified atom stereocenters. The van der Waals surface area contributed by atoms with E-state index < -0.39 is 0 Å². The molecule has 0 aliphatic rings. The van der Waals surface area contributed by atoms with Gasteiger partial charge in [0.2, 0.25) is 0 Å². The molecule has 3 aromatic rings. The van der Waals surface area contributed by atoms with Crippen LogP contribution in [0.4, 0.5) is 0 Å². The van der Waals surface area contributed by atoms with E-state index in [2.05, 4.69) is 33.9 Å². The summed E-state index contributed by atoms with van der Waals surface area (Å²) in [6, 6.07) is 16.0. The van der Waals surface area contributed by atoms with Gasteiger partial charge >= 0.3 is 0 Å². The topological polar surface area (TPSA) is 46.9 Å². The lowest BCUT2D eigenvalue weighted by atomic mass is 10.1. The molecule has 1 N–H and O–H groups in total. The maximum atomic E-state index is 12.3. The summed E-state index contributed by atoms with van der Waals surface area (Å²) in [4.78, 5) is 16.9. The Morgan fingerprint density at radius 2 is 1.96 bits per heavy atom. The lowest BCUT2D eigenvalue weighted by Crippen LogP contribution is -2.31. The van der Waals surface area contributed by atoms with Crippen LogP contribution in [0.3, 0.4) is 0 Å². The Morgan fingerprint density at radius 1 is 1.22 bits per heavy atom. The van der Waals surface area contributed by atoms with Crippen molar-refractivity contribution in [3.63, 3.8) is 0 Å². The quantitative estimate of drug-likeness (QED) is 0.795. The van der Waals surface area contributed by atoms with Gasteiger partial charge in [-0.1, -0.05) is 25.1 Å². The van der Waals surface area contributed by atoms with Crippen LogP contribution >= 0.6 is 0 Å². The highest BCUT2D eigenvalue weighted by atomic mass is 16.1. The fourth-order valence-corrected chi connectivity index (χ4v) is 2.65. The molecule has 1 aromatic heterocycles. The Hall–Kier alpha value is -2.62. The molecular weight excluding hydrogens is 286 g/mol. The largest absolute Gasteiger partial charge is 0.350 e. The lowest BCUT2D eigenvalue weighted by Gasteiger charge is -2.11. The molecule has 0 bridgehead atoms. The van der Waals surface area contributed by atoms with Crippen LogP contribution in [0.5, 0.6) is 0 Å². The first kappa shape index (κ1) is 15.3. The minimum absolute atomic E-state index is 0.0480. The molecule has 0 radical (unpaired) electrons. The predicted octanol–water partition coefficient (Wildman–Crippen LogP) is 3.86. The van der Waals surface area contributed by atoms with Gasteiger partial charge in [0.1, 0.15) is 5.82 Å². The number of imidazole rings is 1. The van der Waals surface area contributed by atoms with E-state index in [1.165, 1.54) is 0 Å². The number of carbonyl (C=O) groups is 1. The number of rotatable bonds is 4. The summed E-state index contributed by atoms with van der Waals surface area (Å²) in [5, 5.41) is 2.99. The number of hydrogen-bond donors (Lipinski definition) is 1. The first-order chi connectivity index (χ1) is 11.1. The second-order valence-electron chi connectivity index (χ2n) is 5.82. The van der Waals surface area contributed by atoms with E-state index in [0.717, 1.165) is 29.0 Å². The first-order valence-electron chi connectivity index (χ1n) is 7.95. The number of hydrogen-bond acceptors (Lipinski definition) is 2. The second-order valence-corrected chi connectivity index (χ2v) is 5.82. The van der Waals surface area contributed by atoms with E-state index in [4.69, 9.17) is 0 Å². The predicted molar refractivity (Wildman–Crippen MR) is 93.0 cm³/mol. The van der Waals surface area contributed by atoms with Crippen molar-refractivity contribution < 1.29 is 4.79 Å². The van der Waals surface area contributed by atoms with Gasteiger partial charge in [-0.3, -0.25) is 9.36 Å². The zero-order valence-corrected chi connectivity index (χ0v) is 13.7. The summed E-state index contributed by atoms with van der Waals surface area (Å²) >= 11 is 0. The zero-order chi connectivity index (χ0) is 16.4. The molecule has 4 nitrogen and oxygen atoms in total. The SMILES string of the molecule is CC[C@H](C)NC(=O)c1ccc2c(c1)nc(C)n2-c1ccccc1. The summed E-state index contributed by atoms with van der Waals surface area (Å²) in [6.45, 7) is 6.04. The van der Waals surface area contributed by atoms with E-state index in [-0.39, 0.29) is 11.9 Å². The van der Waals surface area contributed by atoms with Crippen molar-refractivity contribution in [1.82, 2.24) is 14.9 Å². The zero-order valence-electron chi connectivity index (χ0n) is 13.7. The molecule has 0 aliphatic heterocycles. The highest BCUT2D eigenvalue weighted by Gasteiger charge is 2.13. The van der Waals surface area contributed by atoms with Crippen molar-refractivity contribution >= 4 is 16.9 Å². The Labute approximate surface area is 136 Å². The third-order valence-electron chi connectivity index (χ3n) is 4.09. The molecule has 2 aromatic carbocycles. The van der Waals surface area contributed by atoms with Crippen LogP contribution in [-0.2, 0) is 0 Å². The number of carbonyl (C=O) groups excluding carboxylic acids is 1. The van der Waals surface area contributed by atoms with Crippen molar-refractivity contribution in [2.24, 2.45) is 0 Å². The van der Waals surface area contributed by atoms with Crippen molar-refractivity contribution in [1.29, 1.82) is 0 Å². The average Bonchev–Trinajstić information content (AvgIpc) is 2.90. The molecule has 0 saturated heterocycles. The standard InChI is InChI=1S/C19H21N3O/c1-4-13(2)20-19(23)15-10-11-18-17(12-15)21-14(3)22(18)16-8-6-5-7-9-16/h5-13H,4H2,1-3H3,(H,20,23)/t13-/m0/s1. The van der Waals surface area contributed by atoms with Crippen LogP contribution in [-0.4, -0.2) is 21.5 Å². The van der Waals surface area contributed by atoms with Gasteiger partial charge in [-0.2, -0.15) is 0 Å². The van der Waals surface area contributed by atoms with Crippen molar-refractivity contribution in [2.75, 3.05) is 0 Å². The smallest absolute Gasteiger partial charge is 0.251 e. The molecule has 3 rings (SSSR count). The third kappa shape index (κ3) is 2.97. The molecular formula is C19H21N3O. The van der Waals surface area contributed by atoms with Crippen LogP contribution < -0.4 is 5.32 Å². The van der Waals surface area contributed by atoms with E-state index in [0.29, 0.717) is 5.56 Å². The molecule has 0 saturated carbocycles. The number of aryl methyl sites for hydroxylation is 1. The van der Waals surface area contributed by atoms with Gasteiger partial charge < -0.3 is 5.32 Å². The Bertz CT molecular complexity index is 836. The van der Waals surface area contributed by atoms with Gasteiger partial charge in [0.25, 0.3) is 5.91 Å². The monoisotopic (exact) mass is 307 g/mol. The number of aromatic nitrogens is 2. The van der Waals surface area contributed by atoms with Gasteiger partial charge in [-0.05, 0) is 50.6 Å². The number of nitrogens with zero attached hydrogens (tertiary/aromatic N) is 2. The molecule has 0 aliphatic carbocycles. The van der Waals surface area contributed by atoms with Crippen molar-refractivity contribution in [3.05, 3.63) is 59.9 Å². The molecule has 1 amide bonds. The van der Waals surface area contributed by atoms with Gasteiger partial charge in [0.15, 0.2) is 0 Å². The summed E-state index contributed by atoms with van der Waals surface area (Å²) in [5.74, 6) is 0.860. The number of fused-ring (bicyclic) bond motifs is 1. The van der Waals surface area contributed by atoms with Gasteiger partial charge in [0, 0.05) is 17.3 Å². The molecule has 23 heavy (non-hydrogen) atoms. The number of para-hydroxylation sites is 1. The average molecular weight is 307 g/mol. The number of nitrogens with one attached hydrogen (secondary N) is 1. The summed E-state index contributed by atoms with van der Waals surface area (Å²) in [7, 11) is 0. The van der Waals surface area contributed by atoms with Crippen LogP contribution in [0.2, 0.25) is 0 Å². The Morgan fingerprint density at radius 3 is 2.65 bits per heavy atom. The third-order valence-corrected chi connectivity index (χ3v) is 4.09. The van der Waals surface area contributed by atoms with Gasteiger partial charge in [-0.25, -0.2) is 4.98 Å². The summed E-state index contributed by atoms with van der Waals surface area (Å²) < 4.78 is 2.10. The summed E-state index contributed by atoms with van der Waals surface area (Å²) in [6.07, 6.45) is 0.912. The maximum Gasteiger partial charge on any atom is 0.251 e. The van der Waals surface area contributed by atoms with Crippen LogP contribution in [0.1, 0.15) is 36.5 Å². The van der Waals surface area contributed by atoms with Gasteiger partial charge in [0.05, 0.1) is 11.0 Å². The normalized spacial score (nSPS) is 12.3. The molecule has 1 atom stereocenters. The van der Waals surface area contributed by atoms with E-state index >= 15 is 0 Å². The van der Waals surface area contributed by atoms with Crippen LogP contribution in [0.25, 0.3) is 16.7 Å². The second kappa shape index (κ2) is 6.24. The van der Waals surface area contributed by atoms with Crippen LogP contribution in [0, 0.1) is 6.92 Å². The molecule has 0 spiro atoms. The number of amides is 1. The highest BCUT2D eigenvalue weighted by molar-refractivity contribution is 5.97. The fourth-order valence-electron chi connectivity index (χ4n) is 2.65. The van der Waals surface area contributed by atoms with Crippen LogP contribution in [0.15, 0.2) is 48.5 Å². The van der Waals surface area contributed by atoms with E-state index in [1.54, 1.807) is 0 Å². The fraction of sp³-hybridized carbons (Fsp3) is 0.263. The molecule has 118 valence electrons. The first-order valence-corrected chi connectivity index (χ1v) is 7.95. The Kier molecular flexibility index (Phi) is 4.15. The highest BCUT2D eigenvalue weighted by Crippen LogP contribution is 2.22. The van der Waals surface area contributed by atoms with Gasteiger partial charge in [-0.15, -0.1) is 0 Å².